The number of unbranched alkanes of at least 4 members (excludes halogenated alkanes) is 1. The van der Waals surface area contributed by atoms with Gasteiger partial charge >= 0.3 is 0 Å². The highest BCUT2D eigenvalue weighted by atomic mass is 16.5. The Morgan fingerprint density at radius 2 is 1.86 bits per heavy atom. The van der Waals surface area contributed by atoms with E-state index >= 15 is 0 Å². The van der Waals surface area contributed by atoms with Crippen molar-refractivity contribution in [1.29, 1.82) is 0 Å². The van der Waals surface area contributed by atoms with E-state index in [2.05, 4.69) is 13.5 Å². The van der Waals surface area contributed by atoms with Gasteiger partial charge in [0.05, 0.1) is 23.8 Å². The molecular formula is C17H21NO3. The summed E-state index contributed by atoms with van der Waals surface area (Å²) in [7, 11) is 0. The summed E-state index contributed by atoms with van der Waals surface area (Å²) in [5.74, 6) is -0.465. The van der Waals surface area contributed by atoms with E-state index in [9.17, 15) is 9.59 Å². The van der Waals surface area contributed by atoms with Gasteiger partial charge in [-0.25, -0.2) is 0 Å². The molecule has 1 aliphatic heterocycles. The molecule has 0 fully saturated rings. The van der Waals surface area contributed by atoms with Crippen LogP contribution in [0.5, 0.6) is 0 Å². The molecule has 2 rings (SSSR count). The van der Waals surface area contributed by atoms with E-state index in [0.29, 0.717) is 24.2 Å². The molecule has 0 radical (unpaired) electrons. The van der Waals surface area contributed by atoms with Gasteiger partial charge in [0.15, 0.2) is 0 Å². The van der Waals surface area contributed by atoms with Crippen LogP contribution in [0.15, 0.2) is 36.9 Å². The molecule has 0 bridgehead atoms. The Hall–Kier alpha value is -1.94. The van der Waals surface area contributed by atoms with Crippen LogP contribution in [0.3, 0.4) is 0 Å². The standard InChI is InChI=1S/C17H21NO3/c1-3-5-11-21-13(8-4-2)12-18-16(19)14-9-6-7-10-15(14)17(18)20/h4,6-7,9-10,13H,2-3,5,8,11-12H2,1H3/t13-/m0/s1. The molecule has 0 aromatic heterocycles. The summed E-state index contributed by atoms with van der Waals surface area (Å²) < 4.78 is 5.76. The Morgan fingerprint density at radius 3 is 2.38 bits per heavy atom. The third-order valence-corrected chi connectivity index (χ3v) is 3.55. The second-order valence-electron chi connectivity index (χ2n) is 5.14. The zero-order valence-corrected chi connectivity index (χ0v) is 12.4. The lowest BCUT2D eigenvalue weighted by Gasteiger charge is -2.22. The van der Waals surface area contributed by atoms with Crippen LogP contribution in [-0.4, -0.2) is 36.0 Å². The molecule has 0 spiro atoms. The molecular weight excluding hydrogens is 266 g/mol. The van der Waals surface area contributed by atoms with Gasteiger partial charge in [0.25, 0.3) is 11.8 Å². The van der Waals surface area contributed by atoms with Gasteiger partial charge in [0.2, 0.25) is 0 Å². The van der Waals surface area contributed by atoms with Crippen LogP contribution in [-0.2, 0) is 4.74 Å². The highest BCUT2D eigenvalue weighted by Crippen LogP contribution is 2.23. The van der Waals surface area contributed by atoms with E-state index in [0.717, 1.165) is 12.8 Å². The number of hydrogen-bond acceptors (Lipinski definition) is 3. The number of hydrogen-bond donors (Lipinski definition) is 0. The quantitative estimate of drug-likeness (QED) is 0.419. The number of rotatable bonds is 8. The van der Waals surface area contributed by atoms with E-state index in [-0.39, 0.29) is 24.5 Å². The van der Waals surface area contributed by atoms with Gasteiger partial charge in [-0.15, -0.1) is 6.58 Å². The average molecular weight is 287 g/mol. The van der Waals surface area contributed by atoms with Crippen molar-refractivity contribution in [2.24, 2.45) is 0 Å². The minimum absolute atomic E-state index is 0.184. The summed E-state index contributed by atoms with van der Waals surface area (Å²) >= 11 is 0. The first-order chi connectivity index (χ1) is 10.2. The predicted molar refractivity (Wildman–Crippen MR) is 81.3 cm³/mol. The van der Waals surface area contributed by atoms with Crippen LogP contribution in [0.1, 0.15) is 46.9 Å². The van der Waals surface area contributed by atoms with Crippen molar-refractivity contribution in [1.82, 2.24) is 4.90 Å². The molecule has 1 atom stereocenters. The maximum Gasteiger partial charge on any atom is 0.261 e. The van der Waals surface area contributed by atoms with Crippen LogP contribution in [0.25, 0.3) is 0 Å². The van der Waals surface area contributed by atoms with Crippen LogP contribution >= 0.6 is 0 Å². The molecule has 112 valence electrons. The van der Waals surface area contributed by atoms with Crippen molar-refractivity contribution in [2.45, 2.75) is 32.3 Å². The lowest BCUT2D eigenvalue weighted by molar-refractivity contribution is 0.0248. The Balaban J connectivity index is 2.06. The van der Waals surface area contributed by atoms with E-state index in [1.807, 2.05) is 0 Å². The summed E-state index contributed by atoms with van der Waals surface area (Å²) in [6.07, 6.45) is 4.21. The Kier molecular flexibility index (Phi) is 5.28. The van der Waals surface area contributed by atoms with E-state index < -0.39 is 0 Å². The SMILES string of the molecule is C=CC[C@@H](CN1C(=O)c2ccccc2C1=O)OCCCC. The number of fused-ring (bicyclic) bond motifs is 1. The number of benzene rings is 1. The minimum atomic E-state index is -0.233. The molecule has 0 aliphatic carbocycles. The summed E-state index contributed by atoms with van der Waals surface area (Å²) in [4.78, 5) is 25.9. The Morgan fingerprint density at radius 1 is 1.24 bits per heavy atom. The molecule has 0 unspecified atom stereocenters. The molecule has 4 heteroatoms. The summed E-state index contributed by atoms with van der Waals surface area (Å²) in [6.45, 7) is 6.72. The smallest absolute Gasteiger partial charge is 0.261 e. The highest BCUT2D eigenvalue weighted by molar-refractivity contribution is 6.21. The largest absolute Gasteiger partial charge is 0.376 e. The summed E-state index contributed by atoms with van der Waals surface area (Å²) in [5.41, 5.74) is 0.960. The molecule has 1 aliphatic rings. The van der Waals surface area contributed by atoms with E-state index in [1.165, 1.54) is 4.90 Å². The second kappa shape index (κ2) is 7.18. The van der Waals surface area contributed by atoms with Crippen LogP contribution in [0.2, 0.25) is 0 Å². The minimum Gasteiger partial charge on any atom is -0.376 e. The van der Waals surface area contributed by atoms with Gasteiger partial charge < -0.3 is 4.74 Å². The average Bonchev–Trinajstić information content (AvgIpc) is 2.73. The normalized spacial score (nSPS) is 15.2. The fraction of sp³-hybridized carbons (Fsp3) is 0.412. The van der Waals surface area contributed by atoms with Gasteiger partial charge in [0, 0.05) is 6.61 Å². The second-order valence-corrected chi connectivity index (χ2v) is 5.14. The van der Waals surface area contributed by atoms with Crippen molar-refractivity contribution in [3.05, 3.63) is 48.0 Å². The topological polar surface area (TPSA) is 46.6 Å². The first-order valence-electron chi connectivity index (χ1n) is 7.36. The van der Waals surface area contributed by atoms with Gasteiger partial charge in [-0.3, -0.25) is 14.5 Å². The molecule has 1 aromatic carbocycles. The van der Waals surface area contributed by atoms with E-state index in [1.54, 1.807) is 30.3 Å². The summed E-state index contributed by atoms with van der Waals surface area (Å²) in [5, 5.41) is 0. The zero-order valence-electron chi connectivity index (χ0n) is 12.4. The number of imide groups is 1. The first-order valence-corrected chi connectivity index (χ1v) is 7.36. The number of nitrogens with zero attached hydrogens (tertiary/aromatic N) is 1. The highest BCUT2D eigenvalue weighted by Gasteiger charge is 2.36. The van der Waals surface area contributed by atoms with Crippen molar-refractivity contribution in [2.75, 3.05) is 13.2 Å². The zero-order chi connectivity index (χ0) is 15.2. The number of carbonyl (C=O) groups excluding carboxylic acids is 2. The van der Waals surface area contributed by atoms with Crippen LogP contribution in [0, 0.1) is 0 Å². The monoisotopic (exact) mass is 287 g/mol. The maximum atomic E-state index is 12.3. The number of amides is 2. The van der Waals surface area contributed by atoms with Crippen molar-refractivity contribution < 1.29 is 14.3 Å². The summed E-state index contributed by atoms with van der Waals surface area (Å²) in [6, 6.07) is 6.92. The Labute approximate surface area is 125 Å². The molecule has 0 saturated heterocycles. The molecule has 0 N–H and O–H groups in total. The van der Waals surface area contributed by atoms with Gasteiger partial charge in [-0.05, 0) is 25.0 Å². The predicted octanol–water partition coefficient (Wildman–Crippen LogP) is 3.04. The van der Waals surface area contributed by atoms with Gasteiger partial charge in [0.1, 0.15) is 0 Å². The molecule has 1 heterocycles. The van der Waals surface area contributed by atoms with Crippen molar-refractivity contribution >= 4 is 11.8 Å². The number of carbonyl (C=O) groups is 2. The lowest BCUT2D eigenvalue weighted by atomic mass is 10.1. The van der Waals surface area contributed by atoms with Crippen LogP contribution in [0.4, 0.5) is 0 Å². The number of ether oxygens (including phenoxy) is 1. The lowest BCUT2D eigenvalue weighted by Crippen LogP contribution is -2.38. The fourth-order valence-corrected chi connectivity index (χ4v) is 2.38. The van der Waals surface area contributed by atoms with Gasteiger partial charge in [-0.1, -0.05) is 31.6 Å². The van der Waals surface area contributed by atoms with Crippen LogP contribution < -0.4 is 0 Å². The maximum absolute atomic E-state index is 12.3. The fourth-order valence-electron chi connectivity index (χ4n) is 2.38. The van der Waals surface area contributed by atoms with Crippen molar-refractivity contribution in [3.63, 3.8) is 0 Å². The molecule has 4 nitrogen and oxygen atoms in total. The van der Waals surface area contributed by atoms with E-state index in [4.69, 9.17) is 4.74 Å². The van der Waals surface area contributed by atoms with Gasteiger partial charge in [-0.2, -0.15) is 0 Å². The molecule has 0 saturated carbocycles. The first kappa shape index (κ1) is 15.4. The molecule has 1 aromatic rings. The third kappa shape index (κ3) is 3.39. The molecule has 2 amide bonds. The Bertz CT molecular complexity index is 504. The molecule has 21 heavy (non-hydrogen) atoms. The van der Waals surface area contributed by atoms with Crippen molar-refractivity contribution in [3.8, 4) is 0 Å². The third-order valence-electron chi connectivity index (χ3n) is 3.55.